The lowest BCUT2D eigenvalue weighted by Gasteiger charge is -2.16. The van der Waals surface area contributed by atoms with Crippen LogP contribution in [-0.2, 0) is 4.79 Å². The largest absolute Gasteiger partial charge is 0.476 e. The van der Waals surface area contributed by atoms with E-state index >= 15 is 0 Å². The number of anilines is 1. The summed E-state index contributed by atoms with van der Waals surface area (Å²) in [5.41, 5.74) is -0.190. The Labute approximate surface area is 100.0 Å². The van der Waals surface area contributed by atoms with E-state index in [1.807, 2.05) is 0 Å². The maximum Gasteiger partial charge on any atom is 0.383 e. The molecule has 1 N–H and O–H groups in total. The Morgan fingerprint density at radius 1 is 1.56 bits per heavy atom. The molecule has 0 aliphatic rings. The second-order valence-corrected chi connectivity index (χ2v) is 3.17. The van der Waals surface area contributed by atoms with Crippen LogP contribution in [0.5, 0.6) is 5.88 Å². The summed E-state index contributed by atoms with van der Waals surface area (Å²) in [5, 5.41) is 1.66. The van der Waals surface area contributed by atoms with E-state index in [0.29, 0.717) is 0 Å². The van der Waals surface area contributed by atoms with Gasteiger partial charge in [0.25, 0.3) is 0 Å². The average Bonchev–Trinajstić information content (AvgIpc) is 2.31. The van der Waals surface area contributed by atoms with Crippen LogP contribution in [0.25, 0.3) is 0 Å². The van der Waals surface area contributed by atoms with E-state index in [-0.39, 0.29) is 18.2 Å². The molecular weight excluding hydrogens is 256 g/mol. The fraction of sp³-hybridized carbons (Fsp3) is 0.400. The first-order chi connectivity index (χ1) is 8.39. The molecule has 0 unspecified atom stereocenters. The summed E-state index contributed by atoms with van der Waals surface area (Å²) >= 11 is 0. The standard InChI is InChI=1S/C10H10F4N2O2/c1-2-18-7-6(4-3-5-15-7)16-9(17)10(13,14)8(11)12/h3-5,8H,2H2,1H3,(H,16,17). The van der Waals surface area contributed by atoms with Crippen molar-refractivity contribution in [3.8, 4) is 5.88 Å². The van der Waals surface area contributed by atoms with Crippen LogP contribution in [0.1, 0.15) is 6.92 Å². The zero-order valence-electron chi connectivity index (χ0n) is 9.29. The van der Waals surface area contributed by atoms with Crippen LogP contribution in [0.4, 0.5) is 23.2 Å². The first kappa shape index (κ1) is 14.2. The van der Waals surface area contributed by atoms with Crippen molar-refractivity contribution in [1.29, 1.82) is 0 Å². The molecular formula is C10H10F4N2O2. The third kappa shape index (κ3) is 3.08. The molecule has 1 aromatic heterocycles. The Kier molecular flexibility index (Phi) is 4.46. The van der Waals surface area contributed by atoms with Gasteiger partial charge in [-0.25, -0.2) is 13.8 Å². The summed E-state index contributed by atoms with van der Waals surface area (Å²) in [5.74, 6) is -6.98. The summed E-state index contributed by atoms with van der Waals surface area (Å²) in [6, 6.07) is 2.57. The molecule has 1 heterocycles. The first-order valence-corrected chi connectivity index (χ1v) is 4.94. The van der Waals surface area contributed by atoms with Crippen molar-refractivity contribution in [1.82, 2.24) is 4.98 Å². The molecule has 4 nitrogen and oxygen atoms in total. The lowest BCUT2D eigenvalue weighted by atomic mass is 10.3. The van der Waals surface area contributed by atoms with Gasteiger partial charge in [0.2, 0.25) is 5.88 Å². The van der Waals surface area contributed by atoms with Crippen LogP contribution in [-0.4, -0.2) is 29.8 Å². The van der Waals surface area contributed by atoms with Crippen LogP contribution < -0.4 is 10.1 Å². The third-order valence-corrected chi connectivity index (χ3v) is 1.88. The van der Waals surface area contributed by atoms with Gasteiger partial charge in [0.15, 0.2) is 0 Å². The molecule has 1 rings (SSSR count). The number of amides is 1. The highest BCUT2D eigenvalue weighted by Gasteiger charge is 2.49. The van der Waals surface area contributed by atoms with Gasteiger partial charge in [-0.1, -0.05) is 0 Å². The van der Waals surface area contributed by atoms with Crippen molar-refractivity contribution in [2.75, 3.05) is 11.9 Å². The summed E-state index contributed by atoms with van der Waals surface area (Å²) in [7, 11) is 0. The predicted molar refractivity (Wildman–Crippen MR) is 55.0 cm³/mol. The molecule has 0 spiro atoms. The molecule has 0 saturated heterocycles. The first-order valence-electron chi connectivity index (χ1n) is 4.94. The van der Waals surface area contributed by atoms with Gasteiger partial charge in [-0.3, -0.25) is 4.79 Å². The smallest absolute Gasteiger partial charge is 0.383 e. The Morgan fingerprint density at radius 3 is 2.78 bits per heavy atom. The highest BCUT2D eigenvalue weighted by atomic mass is 19.3. The number of hydrogen-bond donors (Lipinski definition) is 1. The van der Waals surface area contributed by atoms with Gasteiger partial charge >= 0.3 is 18.3 Å². The highest BCUT2D eigenvalue weighted by molar-refractivity contribution is 5.97. The number of carbonyl (C=O) groups is 1. The number of hydrogen-bond acceptors (Lipinski definition) is 3. The van der Waals surface area contributed by atoms with E-state index in [1.54, 1.807) is 12.2 Å². The number of rotatable bonds is 5. The highest BCUT2D eigenvalue weighted by Crippen LogP contribution is 2.27. The number of carbonyl (C=O) groups excluding carboxylic acids is 1. The fourth-order valence-corrected chi connectivity index (χ4v) is 1.04. The molecule has 1 amide bonds. The summed E-state index contributed by atoms with van der Waals surface area (Å²) in [6.45, 7) is 1.80. The van der Waals surface area contributed by atoms with Gasteiger partial charge in [0.05, 0.1) is 6.61 Å². The van der Waals surface area contributed by atoms with Crippen LogP contribution in [0.2, 0.25) is 0 Å². The lowest BCUT2D eigenvalue weighted by Crippen LogP contribution is -2.41. The summed E-state index contributed by atoms with van der Waals surface area (Å²) < 4.78 is 54.3. The second kappa shape index (κ2) is 5.65. The maximum atomic E-state index is 12.7. The van der Waals surface area contributed by atoms with Crippen LogP contribution in [0.3, 0.4) is 0 Å². The molecule has 0 atom stereocenters. The molecule has 1 aromatic rings. The van der Waals surface area contributed by atoms with E-state index in [2.05, 4.69) is 4.98 Å². The summed E-state index contributed by atoms with van der Waals surface area (Å²) in [6.07, 6.45) is -2.77. The molecule has 100 valence electrons. The number of pyridine rings is 1. The van der Waals surface area contributed by atoms with E-state index in [9.17, 15) is 22.4 Å². The van der Waals surface area contributed by atoms with E-state index in [4.69, 9.17) is 4.74 Å². The maximum absolute atomic E-state index is 12.7. The SMILES string of the molecule is CCOc1ncccc1NC(=O)C(F)(F)C(F)F. The van der Waals surface area contributed by atoms with Crippen LogP contribution in [0, 0.1) is 0 Å². The Bertz CT molecular complexity index is 426. The quantitative estimate of drug-likeness (QED) is 0.832. The minimum atomic E-state index is -4.76. The monoisotopic (exact) mass is 266 g/mol. The minimum Gasteiger partial charge on any atom is -0.476 e. The molecule has 0 aromatic carbocycles. The van der Waals surface area contributed by atoms with Crippen molar-refractivity contribution >= 4 is 11.6 Å². The van der Waals surface area contributed by atoms with Crippen molar-refractivity contribution in [2.45, 2.75) is 19.3 Å². The van der Waals surface area contributed by atoms with Gasteiger partial charge < -0.3 is 10.1 Å². The van der Waals surface area contributed by atoms with Crippen LogP contribution >= 0.6 is 0 Å². The van der Waals surface area contributed by atoms with E-state index < -0.39 is 18.3 Å². The number of nitrogens with zero attached hydrogens (tertiary/aromatic N) is 1. The van der Waals surface area contributed by atoms with Crippen LogP contribution in [0.15, 0.2) is 18.3 Å². The van der Waals surface area contributed by atoms with Crippen molar-refractivity contribution in [3.63, 3.8) is 0 Å². The Hall–Kier alpha value is -1.86. The Morgan fingerprint density at radius 2 is 2.22 bits per heavy atom. The van der Waals surface area contributed by atoms with E-state index in [0.717, 1.165) is 0 Å². The van der Waals surface area contributed by atoms with Crippen molar-refractivity contribution < 1.29 is 27.1 Å². The molecule has 0 aliphatic carbocycles. The van der Waals surface area contributed by atoms with Gasteiger partial charge in [-0.15, -0.1) is 0 Å². The lowest BCUT2D eigenvalue weighted by molar-refractivity contribution is -0.163. The zero-order valence-corrected chi connectivity index (χ0v) is 9.29. The molecule has 0 fully saturated rings. The van der Waals surface area contributed by atoms with E-state index in [1.165, 1.54) is 18.3 Å². The zero-order chi connectivity index (χ0) is 13.8. The molecule has 0 bridgehead atoms. The van der Waals surface area contributed by atoms with Gasteiger partial charge in [0.1, 0.15) is 5.69 Å². The predicted octanol–water partition coefficient (Wildman–Crippen LogP) is 2.32. The summed E-state index contributed by atoms with van der Waals surface area (Å²) in [4.78, 5) is 14.7. The fourth-order valence-electron chi connectivity index (χ4n) is 1.04. The average molecular weight is 266 g/mol. The second-order valence-electron chi connectivity index (χ2n) is 3.17. The van der Waals surface area contributed by atoms with Gasteiger partial charge in [0, 0.05) is 6.20 Å². The molecule has 18 heavy (non-hydrogen) atoms. The van der Waals surface area contributed by atoms with Gasteiger partial charge in [-0.2, -0.15) is 8.78 Å². The number of aromatic nitrogens is 1. The molecule has 8 heteroatoms. The topological polar surface area (TPSA) is 51.2 Å². The number of alkyl halides is 4. The normalized spacial score (nSPS) is 11.4. The van der Waals surface area contributed by atoms with Gasteiger partial charge in [-0.05, 0) is 19.1 Å². The van der Waals surface area contributed by atoms with Crippen molar-refractivity contribution in [2.24, 2.45) is 0 Å². The number of ether oxygens (including phenoxy) is 1. The van der Waals surface area contributed by atoms with Crippen molar-refractivity contribution in [3.05, 3.63) is 18.3 Å². The minimum absolute atomic E-state index is 0.113. The molecule has 0 aliphatic heterocycles. The number of nitrogens with one attached hydrogen (secondary N) is 1. The number of halogens is 4. The third-order valence-electron chi connectivity index (χ3n) is 1.88. The molecule has 0 saturated carbocycles. The Balaban J connectivity index is 2.88. The molecule has 0 radical (unpaired) electrons.